The highest BCUT2D eigenvalue weighted by Gasteiger charge is 2.41. The van der Waals surface area contributed by atoms with E-state index >= 15 is 0 Å². The zero-order valence-electron chi connectivity index (χ0n) is 20.5. The Morgan fingerprint density at radius 3 is 2.69 bits per heavy atom. The number of rotatable bonds is 11. The number of aliphatic carboxylic acids is 1. The first kappa shape index (κ1) is 26.3. The van der Waals surface area contributed by atoms with Crippen molar-refractivity contribution in [3.05, 3.63) is 59.9 Å². The minimum Gasteiger partial charge on any atom is -0.497 e. The van der Waals surface area contributed by atoms with Crippen LogP contribution in [0.5, 0.6) is 5.75 Å². The summed E-state index contributed by atoms with van der Waals surface area (Å²) < 4.78 is 5.34. The summed E-state index contributed by atoms with van der Waals surface area (Å²) in [5, 5.41) is 32.9. The molecule has 0 radical (unpaired) electrons. The molecule has 1 aromatic carbocycles. The molecule has 36 heavy (non-hydrogen) atoms. The van der Waals surface area contributed by atoms with Crippen molar-refractivity contribution in [2.24, 2.45) is 5.41 Å². The van der Waals surface area contributed by atoms with Crippen molar-refractivity contribution >= 4 is 28.6 Å². The average Bonchev–Trinajstić information content (AvgIpc) is 2.92. The van der Waals surface area contributed by atoms with E-state index in [1.54, 1.807) is 43.4 Å². The molecule has 1 aliphatic rings. The van der Waals surface area contributed by atoms with Gasteiger partial charge in [-0.25, -0.2) is 4.98 Å². The molecule has 192 valence electrons. The minimum atomic E-state index is -0.922. The van der Waals surface area contributed by atoms with Crippen LogP contribution in [-0.4, -0.2) is 68.7 Å². The van der Waals surface area contributed by atoms with Crippen LogP contribution >= 0.6 is 11.8 Å². The molecule has 3 heterocycles. The highest BCUT2D eigenvalue weighted by Crippen LogP contribution is 2.40. The summed E-state index contributed by atoms with van der Waals surface area (Å²) in [5.41, 5.74) is 0.941. The summed E-state index contributed by atoms with van der Waals surface area (Å²) in [7, 11) is 1.57. The minimum absolute atomic E-state index is 0.262. The molecular formula is C27H33N3O5S. The zero-order valence-corrected chi connectivity index (χ0v) is 21.3. The quantitative estimate of drug-likeness (QED) is 0.330. The molecule has 0 unspecified atom stereocenters. The van der Waals surface area contributed by atoms with Gasteiger partial charge in [0.1, 0.15) is 5.75 Å². The summed E-state index contributed by atoms with van der Waals surface area (Å²) in [4.78, 5) is 23.4. The third-order valence-electron chi connectivity index (χ3n) is 7.16. The number of ether oxygens (including phenoxy) is 1. The lowest BCUT2D eigenvalue weighted by Gasteiger charge is -2.39. The maximum absolute atomic E-state index is 12.4. The molecule has 0 spiro atoms. The fraction of sp³-hybridized carbons (Fsp3) is 0.444. The number of aliphatic hydroxyl groups is 2. The Morgan fingerprint density at radius 2 is 2.03 bits per heavy atom. The van der Waals surface area contributed by atoms with E-state index < -0.39 is 17.5 Å². The number of aliphatic hydroxyl groups excluding tert-OH is 2. The fourth-order valence-electron chi connectivity index (χ4n) is 4.92. The summed E-state index contributed by atoms with van der Waals surface area (Å²) in [6.07, 6.45) is 4.16. The standard InChI is InChI=1S/C27H33N3O5S/c1-35-20-5-6-22-21(16-20)25(19(18-31)17-29-22)23(32)7-8-27(26(33)34)9-12-30(13-10-27)14-15-36-24-4-2-3-11-28-24/h2-6,11,16-17,23,31-32H,7-10,12-15,18H2,1H3,(H,33,34)/t23-/m1/s1. The molecular weight excluding hydrogens is 478 g/mol. The monoisotopic (exact) mass is 511 g/mol. The van der Waals surface area contributed by atoms with Crippen molar-refractivity contribution in [2.45, 2.75) is 43.4 Å². The van der Waals surface area contributed by atoms with Gasteiger partial charge < -0.3 is 25.0 Å². The van der Waals surface area contributed by atoms with Crippen LogP contribution in [0.3, 0.4) is 0 Å². The van der Waals surface area contributed by atoms with Gasteiger partial charge in [0, 0.05) is 35.6 Å². The van der Waals surface area contributed by atoms with Crippen LogP contribution in [-0.2, 0) is 11.4 Å². The molecule has 3 N–H and O–H groups in total. The molecule has 2 aromatic heterocycles. The van der Waals surface area contributed by atoms with E-state index in [9.17, 15) is 20.1 Å². The van der Waals surface area contributed by atoms with Gasteiger partial charge in [0.15, 0.2) is 0 Å². The number of hydrogen-bond donors (Lipinski definition) is 3. The number of thioether (sulfide) groups is 1. The third-order valence-corrected chi connectivity index (χ3v) is 8.09. The predicted molar refractivity (Wildman–Crippen MR) is 139 cm³/mol. The Morgan fingerprint density at radius 1 is 1.22 bits per heavy atom. The summed E-state index contributed by atoms with van der Waals surface area (Å²) in [5.74, 6) is 0.725. The predicted octanol–water partition coefficient (Wildman–Crippen LogP) is 3.90. The van der Waals surface area contributed by atoms with Crippen LogP contribution < -0.4 is 4.74 Å². The lowest BCUT2D eigenvalue weighted by Crippen LogP contribution is -2.45. The molecule has 1 saturated heterocycles. The lowest BCUT2D eigenvalue weighted by atomic mass is 9.74. The van der Waals surface area contributed by atoms with Gasteiger partial charge >= 0.3 is 5.97 Å². The van der Waals surface area contributed by atoms with Gasteiger partial charge in [-0.05, 0) is 74.7 Å². The van der Waals surface area contributed by atoms with Crippen LogP contribution in [0.15, 0.2) is 53.8 Å². The Balaban J connectivity index is 1.40. The van der Waals surface area contributed by atoms with Crippen molar-refractivity contribution in [3.8, 4) is 5.75 Å². The SMILES string of the molecule is COc1ccc2ncc(CO)c([C@H](O)CCC3(C(=O)O)CCN(CCSc4ccccn4)CC3)c2c1. The van der Waals surface area contributed by atoms with Crippen LogP contribution in [0.4, 0.5) is 0 Å². The van der Waals surface area contributed by atoms with Crippen molar-refractivity contribution < 1.29 is 24.9 Å². The molecule has 0 aliphatic carbocycles. The largest absolute Gasteiger partial charge is 0.497 e. The first-order valence-electron chi connectivity index (χ1n) is 12.2. The normalized spacial score (nSPS) is 16.6. The topological polar surface area (TPSA) is 116 Å². The average molecular weight is 512 g/mol. The number of methoxy groups -OCH3 is 1. The number of carboxylic acids is 1. The van der Waals surface area contributed by atoms with Gasteiger partial charge in [0.25, 0.3) is 0 Å². The Labute approximate surface area is 215 Å². The molecule has 1 atom stereocenters. The zero-order chi connectivity index (χ0) is 25.5. The van der Waals surface area contributed by atoms with Gasteiger partial charge in [-0.3, -0.25) is 9.78 Å². The number of fused-ring (bicyclic) bond motifs is 1. The molecule has 3 aromatic rings. The number of carboxylic acid groups (broad SMARTS) is 1. The highest BCUT2D eigenvalue weighted by atomic mass is 32.2. The van der Waals surface area contributed by atoms with Gasteiger partial charge in [-0.15, -0.1) is 11.8 Å². The van der Waals surface area contributed by atoms with E-state index in [-0.39, 0.29) is 13.0 Å². The lowest BCUT2D eigenvalue weighted by molar-refractivity contribution is -0.153. The van der Waals surface area contributed by atoms with E-state index in [4.69, 9.17) is 4.74 Å². The van der Waals surface area contributed by atoms with Crippen molar-refractivity contribution in [3.63, 3.8) is 0 Å². The third kappa shape index (κ3) is 5.98. The second-order valence-electron chi connectivity index (χ2n) is 9.24. The Bertz CT molecular complexity index is 1160. The van der Waals surface area contributed by atoms with E-state index in [1.807, 2.05) is 24.3 Å². The second kappa shape index (κ2) is 12.0. The number of carbonyl (C=O) groups is 1. The van der Waals surface area contributed by atoms with E-state index in [0.29, 0.717) is 60.1 Å². The first-order chi connectivity index (χ1) is 17.5. The van der Waals surface area contributed by atoms with Crippen LogP contribution in [0, 0.1) is 5.41 Å². The second-order valence-corrected chi connectivity index (χ2v) is 10.4. The van der Waals surface area contributed by atoms with Gasteiger partial charge in [-0.1, -0.05) is 6.07 Å². The number of benzene rings is 1. The molecule has 1 fully saturated rings. The maximum Gasteiger partial charge on any atom is 0.309 e. The molecule has 4 rings (SSSR count). The molecule has 9 heteroatoms. The van der Waals surface area contributed by atoms with Crippen molar-refractivity contribution in [2.75, 3.05) is 32.5 Å². The fourth-order valence-corrected chi connectivity index (χ4v) is 5.79. The number of aromatic nitrogens is 2. The van der Waals surface area contributed by atoms with Crippen molar-refractivity contribution in [1.29, 1.82) is 0 Å². The van der Waals surface area contributed by atoms with E-state index in [2.05, 4.69) is 14.9 Å². The van der Waals surface area contributed by atoms with E-state index in [0.717, 1.165) is 17.3 Å². The van der Waals surface area contributed by atoms with Crippen molar-refractivity contribution in [1.82, 2.24) is 14.9 Å². The number of hydrogen-bond acceptors (Lipinski definition) is 8. The van der Waals surface area contributed by atoms with Crippen LogP contribution in [0.25, 0.3) is 10.9 Å². The van der Waals surface area contributed by atoms with Crippen LogP contribution in [0.1, 0.15) is 42.9 Å². The number of piperidine rings is 1. The Hall–Kier alpha value is -2.72. The maximum atomic E-state index is 12.4. The molecule has 0 bridgehead atoms. The van der Waals surface area contributed by atoms with Gasteiger partial charge in [-0.2, -0.15) is 0 Å². The highest BCUT2D eigenvalue weighted by molar-refractivity contribution is 7.99. The molecule has 0 saturated carbocycles. The number of pyridine rings is 2. The Kier molecular flexibility index (Phi) is 8.79. The summed E-state index contributed by atoms with van der Waals surface area (Å²) in [6, 6.07) is 11.3. The van der Waals surface area contributed by atoms with E-state index in [1.165, 1.54) is 0 Å². The smallest absolute Gasteiger partial charge is 0.309 e. The molecule has 1 aliphatic heterocycles. The summed E-state index contributed by atoms with van der Waals surface area (Å²) >= 11 is 1.70. The van der Waals surface area contributed by atoms with Gasteiger partial charge in [0.05, 0.1) is 35.8 Å². The number of nitrogens with zero attached hydrogens (tertiary/aromatic N) is 3. The first-order valence-corrected chi connectivity index (χ1v) is 13.2. The summed E-state index contributed by atoms with van der Waals surface area (Å²) in [6.45, 7) is 2.04. The number of likely N-dealkylation sites (tertiary alicyclic amines) is 1. The molecule has 8 nitrogen and oxygen atoms in total. The molecule has 0 amide bonds. The van der Waals surface area contributed by atoms with Gasteiger partial charge in [0.2, 0.25) is 0 Å². The van der Waals surface area contributed by atoms with Crippen LogP contribution in [0.2, 0.25) is 0 Å².